The van der Waals surface area contributed by atoms with Crippen LogP contribution in [0.5, 0.6) is 0 Å². The van der Waals surface area contributed by atoms with Gasteiger partial charge in [-0.05, 0) is 19.8 Å². The Bertz CT molecular complexity index is 491. The third-order valence-corrected chi connectivity index (χ3v) is 2.92. The Kier molecular flexibility index (Phi) is 2.79. The zero-order chi connectivity index (χ0) is 12.6. The van der Waals surface area contributed by atoms with E-state index in [0.717, 1.165) is 12.1 Å². The Morgan fingerprint density at radius 1 is 1.47 bits per heavy atom. The maximum Gasteiger partial charge on any atom is 0.342 e. The lowest BCUT2D eigenvalue weighted by Crippen LogP contribution is -2.18. The molecule has 4 N–H and O–H groups in total. The van der Waals surface area contributed by atoms with Crippen molar-refractivity contribution in [2.45, 2.75) is 26.3 Å². The highest BCUT2D eigenvalue weighted by Gasteiger charge is 2.31. The number of primary amides is 1. The molecule has 1 amide bonds. The summed E-state index contributed by atoms with van der Waals surface area (Å²) >= 11 is 0. The standard InChI is InChI=1S/C11H15N3O3/c1-2-17-11(16)7-6-4-3-5-14(6)9(8(7)12)10(13)15/h2-5,12H2,1H3,(H2,13,15). The van der Waals surface area contributed by atoms with Crippen LogP contribution < -0.4 is 11.5 Å². The number of fused-ring (bicyclic) bond motifs is 1. The van der Waals surface area contributed by atoms with Crippen LogP contribution in [0.25, 0.3) is 0 Å². The summed E-state index contributed by atoms with van der Waals surface area (Å²) in [4.78, 5) is 23.1. The normalized spacial score (nSPS) is 13.5. The van der Waals surface area contributed by atoms with Gasteiger partial charge in [-0.25, -0.2) is 4.79 Å². The lowest BCUT2D eigenvalue weighted by atomic mass is 10.1. The number of hydrogen-bond acceptors (Lipinski definition) is 4. The summed E-state index contributed by atoms with van der Waals surface area (Å²) in [7, 11) is 0. The number of hydrogen-bond donors (Lipinski definition) is 2. The maximum absolute atomic E-state index is 11.8. The molecule has 1 aromatic rings. The number of ether oxygens (including phenoxy) is 1. The van der Waals surface area contributed by atoms with Crippen LogP contribution in [-0.2, 0) is 17.7 Å². The summed E-state index contributed by atoms with van der Waals surface area (Å²) in [6.45, 7) is 2.66. The van der Waals surface area contributed by atoms with Gasteiger partial charge in [0.2, 0.25) is 0 Å². The van der Waals surface area contributed by atoms with Gasteiger partial charge in [0.25, 0.3) is 5.91 Å². The van der Waals surface area contributed by atoms with Gasteiger partial charge in [-0.1, -0.05) is 0 Å². The molecule has 2 heterocycles. The van der Waals surface area contributed by atoms with Crippen LogP contribution in [0.1, 0.15) is 39.9 Å². The highest BCUT2D eigenvalue weighted by molar-refractivity contribution is 6.06. The quantitative estimate of drug-likeness (QED) is 0.738. The molecule has 0 radical (unpaired) electrons. The van der Waals surface area contributed by atoms with Gasteiger partial charge in [-0.3, -0.25) is 4.79 Å². The zero-order valence-corrected chi connectivity index (χ0v) is 9.66. The van der Waals surface area contributed by atoms with Crippen molar-refractivity contribution in [1.82, 2.24) is 4.57 Å². The average molecular weight is 237 g/mol. The first-order valence-corrected chi connectivity index (χ1v) is 5.55. The van der Waals surface area contributed by atoms with Crippen molar-refractivity contribution in [2.24, 2.45) is 5.73 Å². The van der Waals surface area contributed by atoms with Gasteiger partial charge in [-0.15, -0.1) is 0 Å². The summed E-state index contributed by atoms with van der Waals surface area (Å²) in [6, 6.07) is 0. The maximum atomic E-state index is 11.8. The van der Waals surface area contributed by atoms with Crippen molar-refractivity contribution in [3.8, 4) is 0 Å². The molecule has 6 heteroatoms. The van der Waals surface area contributed by atoms with Crippen LogP contribution >= 0.6 is 0 Å². The van der Waals surface area contributed by atoms with Crippen molar-refractivity contribution in [2.75, 3.05) is 12.3 Å². The third-order valence-electron chi connectivity index (χ3n) is 2.92. The minimum absolute atomic E-state index is 0.144. The Morgan fingerprint density at radius 3 is 2.76 bits per heavy atom. The fourth-order valence-corrected chi connectivity index (χ4v) is 2.30. The number of nitrogens with zero attached hydrogens (tertiary/aromatic N) is 1. The lowest BCUT2D eigenvalue weighted by Gasteiger charge is -2.02. The zero-order valence-electron chi connectivity index (χ0n) is 9.66. The molecular formula is C11H15N3O3. The van der Waals surface area contributed by atoms with Crippen molar-refractivity contribution < 1.29 is 14.3 Å². The van der Waals surface area contributed by atoms with E-state index in [2.05, 4.69) is 0 Å². The summed E-state index contributed by atoms with van der Waals surface area (Å²) in [5.41, 5.74) is 12.5. The molecule has 0 atom stereocenters. The van der Waals surface area contributed by atoms with E-state index in [1.807, 2.05) is 0 Å². The van der Waals surface area contributed by atoms with Gasteiger partial charge in [0.1, 0.15) is 11.3 Å². The highest BCUT2D eigenvalue weighted by Crippen LogP contribution is 2.31. The Hall–Kier alpha value is -1.98. The molecule has 17 heavy (non-hydrogen) atoms. The Morgan fingerprint density at radius 2 is 2.18 bits per heavy atom. The van der Waals surface area contributed by atoms with E-state index in [-0.39, 0.29) is 18.0 Å². The molecular weight excluding hydrogens is 222 g/mol. The third kappa shape index (κ3) is 1.65. The highest BCUT2D eigenvalue weighted by atomic mass is 16.5. The SMILES string of the molecule is CCOC(=O)c1c(N)c(C(N)=O)n2c1CCC2. The molecule has 2 rings (SSSR count). The first-order chi connectivity index (χ1) is 8.07. The van der Waals surface area contributed by atoms with Crippen molar-refractivity contribution in [3.05, 3.63) is 17.0 Å². The second kappa shape index (κ2) is 4.12. The van der Waals surface area contributed by atoms with E-state index in [1.165, 1.54) is 0 Å². The smallest absolute Gasteiger partial charge is 0.342 e. The predicted octanol–water partition coefficient (Wildman–Crippen LogP) is 0.292. The van der Waals surface area contributed by atoms with Gasteiger partial charge in [0.05, 0.1) is 12.3 Å². The van der Waals surface area contributed by atoms with Gasteiger partial charge in [0.15, 0.2) is 0 Å². The van der Waals surface area contributed by atoms with Gasteiger partial charge < -0.3 is 20.8 Å². The summed E-state index contributed by atoms with van der Waals surface area (Å²) in [6.07, 6.45) is 1.59. The molecule has 0 aromatic carbocycles. The van der Waals surface area contributed by atoms with E-state index in [4.69, 9.17) is 16.2 Å². The molecule has 92 valence electrons. The molecule has 1 aliphatic rings. The van der Waals surface area contributed by atoms with Crippen LogP contribution in [0.15, 0.2) is 0 Å². The van der Waals surface area contributed by atoms with E-state index >= 15 is 0 Å². The number of nitrogen functional groups attached to an aromatic ring is 1. The largest absolute Gasteiger partial charge is 0.462 e. The number of amides is 1. The van der Waals surface area contributed by atoms with Crippen LogP contribution in [0.4, 0.5) is 5.69 Å². The number of carbonyl (C=O) groups is 2. The molecule has 0 fully saturated rings. The van der Waals surface area contributed by atoms with Crippen LogP contribution in [0.3, 0.4) is 0 Å². The Labute approximate surface area is 98.5 Å². The second-order valence-electron chi connectivity index (χ2n) is 3.92. The van der Waals surface area contributed by atoms with Crippen LogP contribution in [-0.4, -0.2) is 23.1 Å². The number of nitrogens with two attached hydrogens (primary N) is 2. The van der Waals surface area contributed by atoms with Gasteiger partial charge in [0, 0.05) is 12.2 Å². The molecule has 0 spiro atoms. The summed E-state index contributed by atoms with van der Waals surface area (Å²) < 4.78 is 6.67. The minimum Gasteiger partial charge on any atom is -0.462 e. The molecule has 0 unspecified atom stereocenters. The first kappa shape index (κ1) is 11.5. The van der Waals surface area contributed by atoms with E-state index < -0.39 is 11.9 Å². The van der Waals surface area contributed by atoms with E-state index in [9.17, 15) is 9.59 Å². The van der Waals surface area contributed by atoms with E-state index in [1.54, 1.807) is 11.5 Å². The average Bonchev–Trinajstić information content (AvgIpc) is 2.75. The predicted molar refractivity (Wildman–Crippen MR) is 61.6 cm³/mol. The minimum atomic E-state index is -0.610. The number of esters is 1. The monoisotopic (exact) mass is 237 g/mol. The lowest BCUT2D eigenvalue weighted by molar-refractivity contribution is 0.0526. The molecule has 1 aliphatic heterocycles. The Balaban J connectivity index is 2.57. The van der Waals surface area contributed by atoms with Crippen LogP contribution in [0.2, 0.25) is 0 Å². The second-order valence-corrected chi connectivity index (χ2v) is 3.92. The summed E-state index contributed by atoms with van der Waals surface area (Å²) in [5.74, 6) is -1.09. The molecule has 0 saturated carbocycles. The number of aromatic nitrogens is 1. The van der Waals surface area contributed by atoms with Crippen molar-refractivity contribution in [3.63, 3.8) is 0 Å². The topological polar surface area (TPSA) is 100 Å². The van der Waals surface area contributed by atoms with Crippen molar-refractivity contribution in [1.29, 1.82) is 0 Å². The van der Waals surface area contributed by atoms with E-state index in [0.29, 0.717) is 18.5 Å². The van der Waals surface area contributed by atoms with Gasteiger partial charge >= 0.3 is 5.97 Å². The molecule has 6 nitrogen and oxygen atoms in total. The molecule has 0 saturated heterocycles. The molecule has 1 aromatic heterocycles. The number of rotatable bonds is 3. The summed E-state index contributed by atoms with van der Waals surface area (Å²) in [5, 5.41) is 0. The fraction of sp³-hybridized carbons (Fsp3) is 0.455. The first-order valence-electron chi connectivity index (χ1n) is 5.55. The number of carbonyl (C=O) groups excluding carboxylic acids is 2. The molecule has 0 aliphatic carbocycles. The van der Waals surface area contributed by atoms with Gasteiger partial charge in [-0.2, -0.15) is 0 Å². The molecule has 0 bridgehead atoms. The van der Waals surface area contributed by atoms with Crippen LogP contribution in [0, 0.1) is 0 Å². The van der Waals surface area contributed by atoms with Crippen molar-refractivity contribution >= 4 is 17.6 Å². The fourth-order valence-electron chi connectivity index (χ4n) is 2.30. The number of anilines is 1.